The van der Waals surface area contributed by atoms with Gasteiger partial charge in [-0.1, -0.05) is 71.2 Å². The van der Waals surface area contributed by atoms with E-state index in [1.165, 1.54) is 12.0 Å². The van der Waals surface area contributed by atoms with Crippen molar-refractivity contribution < 1.29 is 9.90 Å². The van der Waals surface area contributed by atoms with E-state index in [1.54, 1.807) is 0 Å². The number of hydrogen-bond donors (Lipinski definition) is 2. The van der Waals surface area contributed by atoms with Crippen LogP contribution in [0.25, 0.3) is 0 Å². The number of carbonyl (C=O) groups is 1. The quantitative estimate of drug-likeness (QED) is 0.854. The van der Waals surface area contributed by atoms with Crippen LogP contribution in [0.3, 0.4) is 0 Å². The summed E-state index contributed by atoms with van der Waals surface area (Å²) in [6, 6.07) is 8.48. The minimum Gasteiger partial charge on any atom is -0.394 e. The molecule has 1 unspecified atom stereocenters. The summed E-state index contributed by atoms with van der Waals surface area (Å²) < 4.78 is 0. The monoisotopic (exact) mass is 331 g/mol. The molecular weight excluding hydrogens is 298 g/mol. The van der Waals surface area contributed by atoms with E-state index in [2.05, 4.69) is 50.4 Å². The van der Waals surface area contributed by atoms with Crippen LogP contribution in [0.1, 0.15) is 77.3 Å². The number of rotatable bonds is 5. The molecule has 2 N–H and O–H groups in total. The number of amides is 1. The summed E-state index contributed by atoms with van der Waals surface area (Å²) in [7, 11) is 0. The van der Waals surface area contributed by atoms with Crippen LogP contribution >= 0.6 is 0 Å². The van der Waals surface area contributed by atoms with Gasteiger partial charge in [0.05, 0.1) is 18.1 Å². The Kier molecular flexibility index (Phi) is 6.08. The number of benzene rings is 1. The topological polar surface area (TPSA) is 49.3 Å². The van der Waals surface area contributed by atoms with Crippen molar-refractivity contribution in [3.8, 4) is 0 Å². The van der Waals surface area contributed by atoms with Crippen molar-refractivity contribution in [1.29, 1.82) is 0 Å². The Morgan fingerprint density at radius 3 is 2.21 bits per heavy atom. The lowest BCUT2D eigenvalue weighted by Crippen LogP contribution is -2.50. The first-order valence-electron chi connectivity index (χ1n) is 9.36. The van der Waals surface area contributed by atoms with Crippen LogP contribution in [0, 0.1) is 0 Å². The summed E-state index contributed by atoms with van der Waals surface area (Å²) in [4.78, 5) is 13.1. The van der Waals surface area contributed by atoms with E-state index in [9.17, 15) is 9.90 Å². The molecule has 1 aliphatic carbocycles. The molecule has 1 atom stereocenters. The summed E-state index contributed by atoms with van der Waals surface area (Å²) >= 11 is 0. The summed E-state index contributed by atoms with van der Waals surface area (Å²) in [6.45, 7) is 8.61. The molecule has 1 saturated carbocycles. The van der Waals surface area contributed by atoms with E-state index in [0.29, 0.717) is 0 Å². The maximum atomic E-state index is 13.1. The van der Waals surface area contributed by atoms with Crippen molar-refractivity contribution >= 4 is 5.91 Å². The SMILES string of the molecule is CCC(CO)NC(=O)C1(c2ccc(C(C)(C)C)cc2)CCCCC1. The minimum absolute atomic E-state index is 0.00127. The molecule has 0 radical (unpaired) electrons. The van der Waals surface area contributed by atoms with Gasteiger partial charge < -0.3 is 10.4 Å². The fraction of sp³-hybridized carbons (Fsp3) is 0.667. The molecule has 3 nitrogen and oxygen atoms in total. The average Bonchev–Trinajstić information content (AvgIpc) is 2.59. The first kappa shape index (κ1) is 19.0. The molecule has 134 valence electrons. The number of carbonyl (C=O) groups excluding carboxylic acids is 1. The number of nitrogens with one attached hydrogen (secondary N) is 1. The Hall–Kier alpha value is -1.35. The second kappa shape index (κ2) is 7.69. The molecule has 1 amide bonds. The zero-order valence-corrected chi connectivity index (χ0v) is 15.7. The molecule has 24 heavy (non-hydrogen) atoms. The Morgan fingerprint density at radius 2 is 1.75 bits per heavy atom. The van der Waals surface area contributed by atoms with E-state index >= 15 is 0 Å². The van der Waals surface area contributed by atoms with E-state index in [-0.39, 0.29) is 24.0 Å². The molecular formula is C21H33NO2. The van der Waals surface area contributed by atoms with Crippen LogP contribution in [0.5, 0.6) is 0 Å². The van der Waals surface area contributed by atoms with Gasteiger partial charge in [-0.3, -0.25) is 4.79 Å². The van der Waals surface area contributed by atoms with Crippen LogP contribution < -0.4 is 5.32 Å². The number of hydrogen-bond acceptors (Lipinski definition) is 2. The van der Waals surface area contributed by atoms with Crippen molar-refractivity contribution in [2.75, 3.05) is 6.61 Å². The maximum absolute atomic E-state index is 13.1. The third kappa shape index (κ3) is 4.00. The van der Waals surface area contributed by atoms with E-state index in [0.717, 1.165) is 37.7 Å². The van der Waals surface area contributed by atoms with Crippen LogP contribution in [-0.2, 0) is 15.6 Å². The van der Waals surface area contributed by atoms with Gasteiger partial charge in [-0.2, -0.15) is 0 Å². The van der Waals surface area contributed by atoms with Gasteiger partial charge in [-0.15, -0.1) is 0 Å². The van der Waals surface area contributed by atoms with Crippen LogP contribution in [0.4, 0.5) is 0 Å². The third-order valence-corrected chi connectivity index (χ3v) is 5.49. The predicted molar refractivity (Wildman–Crippen MR) is 99.2 cm³/mol. The smallest absolute Gasteiger partial charge is 0.230 e. The molecule has 0 aliphatic heterocycles. The van der Waals surface area contributed by atoms with Crippen molar-refractivity contribution in [2.45, 2.75) is 83.1 Å². The predicted octanol–water partition coefficient (Wildman–Crippen LogP) is 4.07. The van der Waals surface area contributed by atoms with Crippen LogP contribution in [0.15, 0.2) is 24.3 Å². The lowest BCUT2D eigenvalue weighted by atomic mass is 9.68. The normalized spacial score (nSPS) is 18.9. The summed E-state index contributed by atoms with van der Waals surface area (Å²) in [5.74, 6) is 0.0895. The Morgan fingerprint density at radius 1 is 1.17 bits per heavy atom. The Balaban J connectivity index is 2.32. The summed E-state index contributed by atoms with van der Waals surface area (Å²) in [6.07, 6.45) is 5.92. The van der Waals surface area contributed by atoms with Gasteiger partial charge >= 0.3 is 0 Å². The molecule has 1 fully saturated rings. The van der Waals surface area contributed by atoms with Gasteiger partial charge in [0, 0.05) is 0 Å². The van der Waals surface area contributed by atoms with E-state index in [1.807, 2.05) is 6.92 Å². The molecule has 1 aromatic carbocycles. The lowest BCUT2D eigenvalue weighted by molar-refractivity contribution is -0.129. The zero-order chi connectivity index (χ0) is 17.8. The van der Waals surface area contributed by atoms with Gasteiger partial charge in [0.15, 0.2) is 0 Å². The molecule has 1 aliphatic rings. The average molecular weight is 332 g/mol. The molecule has 0 heterocycles. The molecule has 0 saturated heterocycles. The van der Waals surface area contributed by atoms with E-state index in [4.69, 9.17) is 0 Å². The second-order valence-electron chi connectivity index (χ2n) is 8.23. The second-order valence-corrected chi connectivity index (χ2v) is 8.23. The Labute approximate surface area is 146 Å². The summed E-state index contributed by atoms with van der Waals surface area (Å²) in [5.41, 5.74) is 2.10. The first-order valence-corrected chi connectivity index (χ1v) is 9.36. The van der Waals surface area contributed by atoms with Crippen molar-refractivity contribution in [3.05, 3.63) is 35.4 Å². The lowest BCUT2D eigenvalue weighted by Gasteiger charge is -2.37. The summed E-state index contributed by atoms with van der Waals surface area (Å²) in [5, 5.41) is 12.5. The maximum Gasteiger partial charge on any atom is 0.230 e. The first-order chi connectivity index (χ1) is 11.3. The highest BCUT2D eigenvalue weighted by Gasteiger charge is 2.41. The van der Waals surface area contributed by atoms with Crippen molar-refractivity contribution in [2.24, 2.45) is 0 Å². The number of aliphatic hydroxyl groups is 1. The van der Waals surface area contributed by atoms with Crippen molar-refractivity contribution in [3.63, 3.8) is 0 Å². The Bertz CT molecular complexity index is 532. The largest absolute Gasteiger partial charge is 0.394 e. The zero-order valence-electron chi connectivity index (χ0n) is 15.7. The van der Waals surface area contributed by atoms with Gasteiger partial charge in [-0.25, -0.2) is 0 Å². The molecule has 1 aromatic rings. The van der Waals surface area contributed by atoms with Gasteiger partial charge in [-0.05, 0) is 35.8 Å². The van der Waals surface area contributed by atoms with Crippen LogP contribution in [0.2, 0.25) is 0 Å². The highest BCUT2D eigenvalue weighted by atomic mass is 16.3. The van der Waals surface area contributed by atoms with E-state index < -0.39 is 5.41 Å². The van der Waals surface area contributed by atoms with Crippen molar-refractivity contribution in [1.82, 2.24) is 5.32 Å². The molecule has 0 spiro atoms. The molecule has 3 heteroatoms. The fourth-order valence-electron chi connectivity index (χ4n) is 3.69. The highest BCUT2D eigenvalue weighted by Crippen LogP contribution is 2.40. The minimum atomic E-state index is -0.433. The van der Waals surface area contributed by atoms with Gasteiger partial charge in [0.2, 0.25) is 5.91 Å². The third-order valence-electron chi connectivity index (χ3n) is 5.49. The van der Waals surface area contributed by atoms with Gasteiger partial charge in [0.1, 0.15) is 0 Å². The molecule has 0 aromatic heterocycles. The van der Waals surface area contributed by atoms with Crippen LogP contribution in [-0.4, -0.2) is 23.7 Å². The van der Waals surface area contributed by atoms with Gasteiger partial charge in [0.25, 0.3) is 0 Å². The molecule has 2 rings (SSSR count). The highest BCUT2D eigenvalue weighted by molar-refractivity contribution is 5.88. The standard InChI is InChI=1S/C21H33NO2/c1-5-18(15-23)22-19(24)21(13-7-6-8-14-21)17-11-9-16(10-12-17)20(2,3)4/h9-12,18,23H,5-8,13-15H2,1-4H3,(H,22,24). The molecule has 0 bridgehead atoms. The fourth-order valence-corrected chi connectivity index (χ4v) is 3.69. The number of aliphatic hydroxyl groups excluding tert-OH is 1.